The molecule has 0 aliphatic carbocycles. The van der Waals surface area contributed by atoms with Crippen molar-refractivity contribution < 1.29 is 21.2 Å². The zero-order chi connectivity index (χ0) is 12.6. The molecule has 1 rings (SSSR count). The molecule has 3 N–H and O–H groups in total. The lowest BCUT2D eigenvalue weighted by atomic mass is 10.3. The second kappa shape index (κ2) is 4.00. The van der Waals surface area contributed by atoms with E-state index in [-0.39, 0.29) is 0 Å². The third kappa shape index (κ3) is 3.43. The van der Waals surface area contributed by atoms with Gasteiger partial charge >= 0.3 is 0 Å². The van der Waals surface area contributed by atoms with E-state index in [4.69, 9.17) is 5.14 Å². The lowest BCUT2D eigenvalue weighted by molar-refractivity contribution is 0.597. The van der Waals surface area contributed by atoms with E-state index in [1.165, 1.54) is 0 Å². The van der Waals surface area contributed by atoms with Crippen molar-refractivity contribution in [1.29, 1.82) is 0 Å². The van der Waals surface area contributed by atoms with Gasteiger partial charge < -0.3 is 0 Å². The molecule has 0 radical (unpaired) electrons. The van der Waals surface area contributed by atoms with Crippen LogP contribution in [0.2, 0.25) is 0 Å². The molecule has 0 spiro atoms. The van der Waals surface area contributed by atoms with Crippen LogP contribution in [0, 0.1) is 5.82 Å². The summed E-state index contributed by atoms with van der Waals surface area (Å²) in [6, 6.07) is 2.49. The Labute approximate surface area is 92.4 Å². The van der Waals surface area contributed by atoms with Crippen molar-refractivity contribution >= 4 is 25.7 Å². The number of benzene rings is 1. The molecule has 1 aromatic rings. The van der Waals surface area contributed by atoms with E-state index in [1.54, 1.807) is 0 Å². The molecule has 0 aliphatic heterocycles. The van der Waals surface area contributed by atoms with Crippen LogP contribution in [0.1, 0.15) is 0 Å². The lowest BCUT2D eigenvalue weighted by Crippen LogP contribution is -2.17. The number of hydrogen-bond donors (Lipinski definition) is 2. The van der Waals surface area contributed by atoms with Crippen LogP contribution in [0.4, 0.5) is 10.1 Å². The van der Waals surface area contributed by atoms with Gasteiger partial charge in [0, 0.05) is 0 Å². The van der Waals surface area contributed by atoms with Crippen molar-refractivity contribution in [3.05, 3.63) is 24.0 Å². The number of hydrogen-bond acceptors (Lipinski definition) is 4. The van der Waals surface area contributed by atoms with E-state index in [2.05, 4.69) is 0 Å². The molecule has 1 aromatic carbocycles. The minimum Gasteiger partial charge on any atom is -0.282 e. The molecule has 0 amide bonds. The Hall–Kier alpha value is -1.19. The third-order valence-corrected chi connectivity index (χ3v) is 3.10. The summed E-state index contributed by atoms with van der Waals surface area (Å²) in [7, 11) is -7.83. The molecule has 0 unspecified atom stereocenters. The quantitative estimate of drug-likeness (QED) is 0.794. The number of halogens is 1. The Morgan fingerprint density at radius 3 is 2.25 bits per heavy atom. The Balaban J connectivity index is 3.42. The van der Waals surface area contributed by atoms with Gasteiger partial charge in [-0.2, -0.15) is 0 Å². The number of rotatable bonds is 3. The molecule has 90 valence electrons. The minimum atomic E-state index is -4.12. The smallest absolute Gasteiger partial charge is 0.240 e. The monoisotopic (exact) mass is 268 g/mol. The first kappa shape index (κ1) is 12.9. The van der Waals surface area contributed by atoms with Crippen molar-refractivity contribution in [2.45, 2.75) is 4.90 Å². The van der Waals surface area contributed by atoms with Crippen LogP contribution in [0.3, 0.4) is 0 Å². The maximum absolute atomic E-state index is 12.8. The number of sulfonamides is 2. The highest BCUT2D eigenvalue weighted by molar-refractivity contribution is 7.92. The molecule has 0 aliphatic rings. The second-order valence-electron chi connectivity index (χ2n) is 3.06. The first-order valence-corrected chi connectivity index (χ1v) is 7.33. The van der Waals surface area contributed by atoms with Crippen LogP contribution in [0.15, 0.2) is 23.1 Å². The maximum atomic E-state index is 12.8. The predicted octanol–water partition coefficient (Wildman–Crippen LogP) is -0.155. The predicted molar refractivity (Wildman–Crippen MR) is 56.2 cm³/mol. The average Bonchev–Trinajstić information content (AvgIpc) is 1.97. The molecule has 6 nitrogen and oxygen atoms in total. The molecule has 0 aromatic heterocycles. The molecule has 0 bridgehead atoms. The number of primary sulfonamides is 1. The molecule has 0 saturated heterocycles. The van der Waals surface area contributed by atoms with Crippen LogP contribution < -0.4 is 9.86 Å². The first-order chi connectivity index (χ1) is 7.09. The fourth-order valence-corrected chi connectivity index (χ4v) is 2.34. The molecule has 0 saturated carbocycles. The van der Waals surface area contributed by atoms with E-state index >= 15 is 0 Å². The van der Waals surface area contributed by atoms with Crippen molar-refractivity contribution in [2.75, 3.05) is 11.0 Å². The summed E-state index contributed by atoms with van der Waals surface area (Å²) in [6.45, 7) is 0. The van der Waals surface area contributed by atoms with Gasteiger partial charge in [-0.1, -0.05) is 0 Å². The Bertz CT molecular complexity index is 609. The highest BCUT2D eigenvalue weighted by atomic mass is 32.2. The Morgan fingerprint density at radius 1 is 1.25 bits per heavy atom. The zero-order valence-electron chi connectivity index (χ0n) is 8.14. The summed E-state index contributed by atoms with van der Waals surface area (Å²) in [5.41, 5.74) is -0.412. The number of nitrogens with two attached hydrogens (primary N) is 1. The third-order valence-electron chi connectivity index (χ3n) is 1.54. The van der Waals surface area contributed by atoms with Gasteiger partial charge in [0.1, 0.15) is 10.7 Å². The van der Waals surface area contributed by atoms with E-state index in [9.17, 15) is 21.2 Å². The van der Waals surface area contributed by atoms with Gasteiger partial charge in [-0.05, 0) is 18.2 Å². The second-order valence-corrected chi connectivity index (χ2v) is 6.34. The van der Waals surface area contributed by atoms with Gasteiger partial charge in [0.25, 0.3) is 0 Å². The highest BCUT2D eigenvalue weighted by Crippen LogP contribution is 2.21. The fourth-order valence-electron chi connectivity index (χ4n) is 1.03. The average molecular weight is 268 g/mol. The Morgan fingerprint density at radius 2 is 1.81 bits per heavy atom. The normalized spacial score (nSPS) is 12.4. The molecule has 9 heteroatoms. The van der Waals surface area contributed by atoms with Crippen molar-refractivity contribution in [1.82, 2.24) is 0 Å². The molecule has 0 fully saturated rings. The summed E-state index contributed by atoms with van der Waals surface area (Å²) in [5, 5.41) is 4.84. The van der Waals surface area contributed by atoms with Crippen molar-refractivity contribution in [3.8, 4) is 0 Å². The van der Waals surface area contributed by atoms with Crippen LogP contribution in [-0.2, 0) is 20.0 Å². The summed E-state index contributed by atoms with van der Waals surface area (Å²) in [4.78, 5) is -0.487. The van der Waals surface area contributed by atoms with Crippen LogP contribution in [0.25, 0.3) is 0 Å². The van der Waals surface area contributed by atoms with Crippen molar-refractivity contribution in [3.63, 3.8) is 0 Å². The van der Waals surface area contributed by atoms with Crippen LogP contribution >= 0.6 is 0 Å². The molecule has 16 heavy (non-hydrogen) atoms. The summed E-state index contributed by atoms with van der Waals surface area (Å²) >= 11 is 0. The van der Waals surface area contributed by atoms with Crippen LogP contribution in [-0.4, -0.2) is 23.1 Å². The summed E-state index contributed by atoms with van der Waals surface area (Å²) < 4.78 is 58.7. The highest BCUT2D eigenvalue weighted by Gasteiger charge is 2.16. The largest absolute Gasteiger partial charge is 0.282 e. The molecule has 0 heterocycles. The topological polar surface area (TPSA) is 106 Å². The summed E-state index contributed by atoms with van der Waals surface area (Å²) in [5.74, 6) is -0.779. The molecule has 0 atom stereocenters. The SMILES string of the molecule is CS(=O)(=O)Nc1cc(F)ccc1S(N)(=O)=O. The van der Waals surface area contributed by atoms with E-state index in [1.807, 2.05) is 4.72 Å². The molecular formula is C7H9FN2O4S2. The van der Waals surface area contributed by atoms with E-state index in [0.29, 0.717) is 0 Å². The van der Waals surface area contributed by atoms with Crippen LogP contribution in [0.5, 0.6) is 0 Å². The minimum absolute atomic E-state index is 0.412. The maximum Gasteiger partial charge on any atom is 0.240 e. The standard InChI is InChI=1S/C7H9FN2O4S2/c1-15(11,12)10-6-4-5(8)2-3-7(6)16(9,13)14/h2-4,10H,1H3,(H2,9,13,14). The lowest BCUT2D eigenvalue weighted by Gasteiger charge is -2.08. The Kier molecular flexibility index (Phi) is 3.22. The molecular weight excluding hydrogens is 259 g/mol. The van der Waals surface area contributed by atoms with Gasteiger partial charge in [-0.3, -0.25) is 4.72 Å². The van der Waals surface area contributed by atoms with E-state index in [0.717, 1.165) is 24.5 Å². The van der Waals surface area contributed by atoms with E-state index < -0.39 is 36.4 Å². The zero-order valence-corrected chi connectivity index (χ0v) is 9.77. The number of anilines is 1. The van der Waals surface area contributed by atoms with Gasteiger partial charge in [-0.15, -0.1) is 0 Å². The fraction of sp³-hybridized carbons (Fsp3) is 0.143. The van der Waals surface area contributed by atoms with Gasteiger partial charge in [0.05, 0.1) is 11.9 Å². The van der Waals surface area contributed by atoms with Gasteiger partial charge in [0.2, 0.25) is 20.0 Å². The van der Waals surface area contributed by atoms with Crippen molar-refractivity contribution in [2.24, 2.45) is 5.14 Å². The van der Waals surface area contributed by atoms with Gasteiger partial charge in [0.15, 0.2) is 0 Å². The van der Waals surface area contributed by atoms with Gasteiger partial charge in [-0.25, -0.2) is 26.4 Å². The summed E-state index contributed by atoms with van der Waals surface area (Å²) in [6.07, 6.45) is 0.810. The number of nitrogens with one attached hydrogen (secondary N) is 1. The first-order valence-electron chi connectivity index (χ1n) is 3.90.